The predicted octanol–water partition coefficient (Wildman–Crippen LogP) is 1.71. The number of aromatic hydroxyl groups is 2. The minimum absolute atomic E-state index is 0.0199. The van der Waals surface area contributed by atoms with E-state index in [1.807, 2.05) is 0 Å². The van der Waals surface area contributed by atoms with E-state index in [-0.39, 0.29) is 22.3 Å². The number of amides is 1. The lowest BCUT2D eigenvalue weighted by atomic mass is 9.73. The van der Waals surface area contributed by atoms with Crippen LogP contribution in [-0.4, -0.2) is 86.8 Å². The molecule has 44 heavy (non-hydrogen) atoms. The summed E-state index contributed by atoms with van der Waals surface area (Å²) in [6, 6.07) is 4.29. The number of esters is 1. The Bertz CT molecular complexity index is 1560. The van der Waals surface area contributed by atoms with Crippen LogP contribution >= 0.6 is 0 Å². The lowest BCUT2D eigenvalue weighted by Crippen LogP contribution is -2.57. The average Bonchev–Trinajstić information content (AvgIpc) is 2.94. The summed E-state index contributed by atoms with van der Waals surface area (Å²) < 4.78 is 55.4. The third kappa shape index (κ3) is 5.51. The molecule has 3 aliphatic rings. The Hall–Kier alpha value is -4.05. The number of alkyl halides is 3. The first-order chi connectivity index (χ1) is 20.5. The number of phenolic OH excluding ortho intramolecular Hbond substituents is 2. The Kier molecular flexibility index (Phi) is 7.95. The summed E-state index contributed by atoms with van der Waals surface area (Å²) in [6.07, 6.45) is -12.3. The zero-order valence-electron chi connectivity index (χ0n) is 23.3. The Morgan fingerprint density at radius 1 is 1.09 bits per heavy atom. The van der Waals surface area contributed by atoms with Gasteiger partial charge in [-0.3, -0.25) is 19.2 Å². The van der Waals surface area contributed by atoms with Gasteiger partial charge in [-0.05, 0) is 6.92 Å². The smallest absolute Gasteiger partial charge is 0.471 e. The van der Waals surface area contributed by atoms with E-state index in [0.717, 1.165) is 6.92 Å². The van der Waals surface area contributed by atoms with Crippen molar-refractivity contribution in [1.29, 1.82) is 0 Å². The van der Waals surface area contributed by atoms with Crippen LogP contribution in [0.1, 0.15) is 75.8 Å². The highest BCUT2D eigenvalue weighted by Crippen LogP contribution is 2.52. The fraction of sp³-hybridized carbons (Fsp3) is 0.448. The number of hydrogen-bond donors (Lipinski definition) is 5. The summed E-state index contributed by atoms with van der Waals surface area (Å²) in [5.74, 6) is -6.04. The van der Waals surface area contributed by atoms with Gasteiger partial charge in [-0.15, -0.1) is 0 Å². The first kappa shape index (κ1) is 31.4. The Morgan fingerprint density at radius 3 is 2.25 bits per heavy atom. The minimum Gasteiger partial charge on any atom is -0.507 e. The SMILES string of the molecule is CC(=O)OCC1(O)Cc2c(O)c3c(c(O)c2[C@@H](O[C@H]2C[C@H](NC(=O)C(F)(F)F)[C@@H](O)[C@@H](C)O2)C1)C(=O)c1ccccc1C3=O. The van der Waals surface area contributed by atoms with Crippen molar-refractivity contribution >= 4 is 23.4 Å². The van der Waals surface area contributed by atoms with Crippen LogP contribution in [0.3, 0.4) is 0 Å². The second kappa shape index (κ2) is 11.1. The second-order valence-electron chi connectivity index (χ2n) is 11.1. The maximum absolute atomic E-state index is 13.5. The maximum atomic E-state index is 13.5. The van der Waals surface area contributed by atoms with E-state index >= 15 is 0 Å². The molecule has 0 bridgehead atoms. The Labute approximate surface area is 247 Å². The number of benzene rings is 2. The van der Waals surface area contributed by atoms with Gasteiger partial charge in [0.25, 0.3) is 0 Å². The fourth-order valence-electron chi connectivity index (χ4n) is 5.93. The zero-order valence-corrected chi connectivity index (χ0v) is 23.3. The van der Waals surface area contributed by atoms with Gasteiger partial charge >= 0.3 is 18.1 Å². The number of phenols is 2. The van der Waals surface area contributed by atoms with Crippen molar-refractivity contribution in [3.8, 4) is 11.5 Å². The Balaban J connectivity index is 1.57. The summed E-state index contributed by atoms with van der Waals surface area (Å²) in [6.45, 7) is 1.80. The van der Waals surface area contributed by atoms with E-state index < -0.39 is 114 Å². The van der Waals surface area contributed by atoms with Crippen molar-refractivity contribution in [2.45, 2.75) is 75.5 Å². The van der Waals surface area contributed by atoms with Gasteiger partial charge < -0.3 is 40.0 Å². The van der Waals surface area contributed by atoms with Gasteiger partial charge in [-0.2, -0.15) is 13.2 Å². The van der Waals surface area contributed by atoms with Gasteiger partial charge in [0.05, 0.1) is 29.4 Å². The highest BCUT2D eigenvalue weighted by Gasteiger charge is 2.49. The average molecular weight is 624 g/mol. The molecule has 0 radical (unpaired) electrons. The number of halogens is 3. The van der Waals surface area contributed by atoms with Crippen molar-refractivity contribution in [3.05, 3.63) is 57.6 Å². The first-order valence-corrected chi connectivity index (χ1v) is 13.5. The maximum Gasteiger partial charge on any atom is 0.471 e. The number of hydrogen-bond acceptors (Lipinski definition) is 11. The van der Waals surface area contributed by atoms with Crippen molar-refractivity contribution in [2.24, 2.45) is 0 Å². The van der Waals surface area contributed by atoms with E-state index in [2.05, 4.69) is 0 Å². The number of ether oxygens (including phenoxy) is 3. The van der Waals surface area contributed by atoms with Crippen molar-refractivity contribution in [1.82, 2.24) is 5.32 Å². The van der Waals surface area contributed by atoms with Crippen molar-refractivity contribution in [3.63, 3.8) is 0 Å². The number of carbonyl (C=O) groups excluding carboxylic acids is 4. The second-order valence-corrected chi connectivity index (χ2v) is 11.1. The molecule has 15 heteroatoms. The number of ketones is 2. The van der Waals surface area contributed by atoms with Crippen LogP contribution in [0.2, 0.25) is 0 Å². The van der Waals surface area contributed by atoms with E-state index in [1.165, 1.54) is 31.2 Å². The fourth-order valence-corrected chi connectivity index (χ4v) is 5.93. The van der Waals surface area contributed by atoms with Crippen LogP contribution in [0.5, 0.6) is 11.5 Å². The minimum atomic E-state index is -5.24. The van der Waals surface area contributed by atoms with Gasteiger partial charge in [-0.1, -0.05) is 24.3 Å². The molecular weight excluding hydrogens is 595 g/mol. The molecule has 236 valence electrons. The topological polar surface area (TPSA) is 189 Å². The number of aliphatic hydroxyl groups excluding tert-OH is 1. The van der Waals surface area contributed by atoms with Gasteiger partial charge in [0, 0.05) is 48.4 Å². The van der Waals surface area contributed by atoms with E-state index in [9.17, 15) is 52.8 Å². The van der Waals surface area contributed by atoms with Crippen LogP contribution in [-0.2, 0) is 30.2 Å². The lowest BCUT2D eigenvalue weighted by molar-refractivity contribution is -0.252. The number of carbonyl (C=O) groups is 4. The Morgan fingerprint density at radius 2 is 1.68 bits per heavy atom. The van der Waals surface area contributed by atoms with Crippen LogP contribution < -0.4 is 5.32 Å². The third-order valence-electron chi connectivity index (χ3n) is 7.99. The summed E-state index contributed by atoms with van der Waals surface area (Å²) >= 11 is 0. The van der Waals surface area contributed by atoms with Gasteiger partial charge in [0.2, 0.25) is 0 Å². The number of fused-ring (bicyclic) bond motifs is 3. The number of nitrogens with one attached hydrogen (secondary N) is 1. The quantitative estimate of drug-likeness (QED) is 0.206. The van der Waals surface area contributed by atoms with E-state index in [4.69, 9.17) is 14.2 Å². The monoisotopic (exact) mass is 623 g/mol. The molecule has 2 aromatic rings. The van der Waals surface area contributed by atoms with Crippen molar-refractivity contribution < 1.29 is 67.0 Å². The van der Waals surface area contributed by atoms with Crippen LogP contribution in [0.25, 0.3) is 0 Å². The largest absolute Gasteiger partial charge is 0.507 e. The standard InChI is InChI=1S/C29H28F3NO11/c1-11-22(35)16(33-27(40)29(30,31)32)7-18(43-11)44-17-9-28(41,10-42-12(2)34)8-15-19(17)26(39)21-20(25(15)38)23(36)13-5-3-4-6-14(13)24(21)37/h3-6,11,16-18,22,35,38-39,41H,7-10H2,1-2H3,(H,33,40)/t11-,16+,17+,18+,22+,28?/m1/s1. The zero-order chi connectivity index (χ0) is 32.3. The summed E-state index contributed by atoms with van der Waals surface area (Å²) in [5, 5.41) is 46.4. The molecule has 5 N–H and O–H groups in total. The van der Waals surface area contributed by atoms with Gasteiger partial charge in [-0.25, -0.2) is 0 Å². The molecule has 5 rings (SSSR count). The predicted molar refractivity (Wildman–Crippen MR) is 140 cm³/mol. The normalized spacial score (nSPS) is 28.0. The molecule has 0 spiro atoms. The molecule has 6 atom stereocenters. The van der Waals surface area contributed by atoms with Gasteiger partial charge in [0.15, 0.2) is 17.9 Å². The highest BCUT2D eigenvalue weighted by atomic mass is 19.4. The molecule has 1 heterocycles. The van der Waals surface area contributed by atoms with Gasteiger partial charge in [0.1, 0.15) is 29.8 Å². The molecule has 1 amide bonds. The number of rotatable bonds is 5. The third-order valence-corrected chi connectivity index (χ3v) is 7.99. The molecule has 1 fully saturated rings. The molecular formula is C29H28F3NO11. The summed E-state index contributed by atoms with van der Waals surface area (Å²) in [7, 11) is 0. The molecule has 0 aromatic heterocycles. The van der Waals surface area contributed by atoms with E-state index in [0.29, 0.717) is 0 Å². The van der Waals surface area contributed by atoms with E-state index in [1.54, 1.807) is 5.32 Å². The molecule has 0 saturated carbocycles. The summed E-state index contributed by atoms with van der Waals surface area (Å²) in [5.41, 5.74) is -3.40. The van der Waals surface area contributed by atoms with Crippen molar-refractivity contribution in [2.75, 3.05) is 6.61 Å². The van der Waals surface area contributed by atoms with Crippen LogP contribution in [0.15, 0.2) is 24.3 Å². The lowest BCUT2D eigenvalue weighted by Gasteiger charge is -2.43. The number of aliphatic hydroxyl groups is 2. The molecule has 1 saturated heterocycles. The molecule has 1 aliphatic heterocycles. The van der Waals surface area contributed by atoms with Crippen LogP contribution in [0.4, 0.5) is 13.2 Å². The molecule has 12 nitrogen and oxygen atoms in total. The summed E-state index contributed by atoms with van der Waals surface area (Å²) in [4.78, 5) is 50.0. The molecule has 2 aliphatic carbocycles. The molecule has 2 aromatic carbocycles. The highest BCUT2D eigenvalue weighted by molar-refractivity contribution is 6.30. The first-order valence-electron chi connectivity index (χ1n) is 13.5. The van der Waals surface area contributed by atoms with Crippen LogP contribution in [0, 0.1) is 0 Å². The molecule has 1 unspecified atom stereocenters.